The molecule has 0 spiro atoms. The fourth-order valence-electron chi connectivity index (χ4n) is 3.42. The standard InChI is InChI=1S/C17H27N3/c1-19-8-5-14(6-9-19)12-18-13-15-3-4-17-16(11-15)7-10-20(17)2/h3-4,11,14,18H,5-10,12-13H2,1-2H3. The molecule has 0 amide bonds. The van der Waals surface area contributed by atoms with Crippen molar-refractivity contribution < 1.29 is 0 Å². The second-order valence-electron chi connectivity index (χ2n) is 6.51. The van der Waals surface area contributed by atoms with E-state index in [2.05, 4.69) is 47.4 Å². The van der Waals surface area contributed by atoms with E-state index in [-0.39, 0.29) is 0 Å². The Morgan fingerprint density at radius 2 is 1.95 bits per heavy atom. The zero-order chi connectivity index (χ0) is 13.9. The van der Waals surface area contributed by atoms with Gasteiger partial charge in [0.25, 0.3) is 0 Å². The molecule has 110 valence electrons. The molecule has 1 aromatic rings. The Balaban J connectivity index is 1.47. The number of benzene rings is 1. The average molecular weight is 273 g/mol. The molecule has 0 aromatic heterocycles. The molecule has 0 saturated carbocycles. The number of hydrogen-bond acceptors (Lipinski definition) is 3. The van der Waals surface area contributed by atoms with Gasteiger partial charge in [-0.25, -0.2) is 0 Å². The number of fused-ring (bicyclic) bond motifs is 1. The molecule has 0 aliphatic carbocycles. The predicted octanol–water partition coefficient (Wildman–Crippen LogP) is 2.11. The van der Waals surface area contributed by atoms with Gasteiger partial charge in [-0.3, -0.25) is 0 Å². The van der Waals surface area contributed by atoms with E-state index >= 15 is 0 Å². The van der Waals surface area contributed by atoms with Crippen molar-refractivity contribution in [2.75, 3.05) is 45.2 Å². The summed E-state index contributed by atoms with van der Waals surface area (Å²) in [5.41, 5.74) is 4.38. The summed E-state index contributed by atoms with van der Waals surface area (Å²) in [7, 11) is 4.41. The molecule has 2 aliphatic heterocycles. The van der Waals surface area contributed by atoms with Gasteiger partial charge in [0.2, 0.25) is 0 Å². The second-order valence-corrected chi connectivity index (χ2v) is 6.51. The van der Waals surface area contributed by atoms with Gasteiger partial charge >= 0.3 is 0 Å². The Bertz CT molecular complexity index is 450. The van der Waals surface area contributed by atoms with Crippen molar-refractivity contribution in [1.82, 2.24) is 10.2 Å². The van der Waals surface area contributed by atoms with E-state index in [0.717, 1.165) is 12.5 Å². The van der Waals surface area contributed by atoms with Crippen LogP contribution in [0.25, 0.3) is 0 Å². The summed E-state index contributed by atoms with van der Waals surface area (Å²) >= 11 is 0. The smallest absolute Gasteiger partial charge is 0.0397 e. The van der Waals surface area contributed by atoms with E-state index in [9.17, 15) is 0 Å². The lowest BCUT2D eigenvalue weighted by atomic mass is 9.97. The van der Waals surface area contributed by atoms with Gasteiger partial charge in [0.15, 0.2) is 0 Å². The maximum atomic E-state index is 3.66. The van der Waals surface area contributed by atoms with Crippen LogP contribution in [-0.4, -0.2) is 45.2 Å². The van der Waals surface area contributed by atoms with Crippen LogP contribution in [0, 0.1) is 5.92 Å². The summed E-state index contributed by atoms with van der Waals surface area (Å²) in [5.74, 6) is 0.867. The number of nitrogens with zero attached hydrogens (tertiary/aromatic N) is 2. The van der Waals surface area contributed by atoms with Crippen LogP contribution in [0.5, 0.6) is 0 Å². The van der Waals surface area contributed by atoms with Crippen molar-refractivity contribution >= 4 is 5.69 Å². The van der Waals surface area contributed by atoms with Crippen molar-refractivity contribution in [3.8, 4) is 0 Å². The Kier molecular flexibility index (Phi) is 4.27. The molecule has 0 radical (unpaired) electrons. The third-order valence-corrected chi connectivity index (χ3v) is 4.87. The van der Waals surface area contributed by atoms with Crippen molar-refractivity contribution in [3.63, 3.8) is 0 Å². The maximum Gasteiger partial charge on any atom is 0.0397 e. The molecule has 1 N–H and O–H groups in total. The molecular weight excluding hydrogens is 246 g/mol. The van der Waals surface area contributed by atoms with E-state index in [1.54, 1.807) is 0 Å². The Labute approximate surface area is 123 Å². The average Bonchev–Trinajstić information content (AvgIpc) is 2.82. The van der Waals surface area contributed by atoms with Crippen molar-refractivity contribution in [1.29, 1.82) is 0 Å². The molecule has 3 rings (SSSR count). The van der Waals surface area contributed by atoms with Crippen LogP contribution in [0.1, 0.15) is 24.0 Å². The third-order valence-electron chi connectivity index (χ3n) is 4.87. The number of likely N-dealkylation sites (N-methyl/N-ethyl adjacent to an activating group) is 1. The molecule has 3 nitrogen and oxygen atoms in total. The molecular formula is C17H27N3. The van der Waals surface area contributed by atoms with Gasteiger partial charge in [0.05, 0.1) is 0 Å². The Hall–Kier alpha value is -1.06. The highest BCUT2D eigenvalue weighted by Crippen LogP contribution is 2.27. The number of anilines is 1. The first-order valence-electron chi connectivity index (χ1n) is 7.94. The molecule has 0 bridgehead atoms. The lowest BCUT2D eigenvalue weighted by Gasteiger charge is -2.29. The molecule has 1 fully saturated rings. The quantitative estimate of drug-likeness (QED) is 0.906. The molecule has 2 heterocycles. The first kappa shape index (κ1) is 13.9. The lowest BCUT2D eigenvalue weighted by Crippen LogP contribution is -2.34. The van der Waals surface area contributed by atoms with Crippen LogP contribution in [0.4, 0.5) is 5.69 Å². The van der Waals surface area contributed by atoms with Gasteiger partial charge in [0, 0.05) is 25.8 Å². The molecule has 2 aliphatic rings. The predicted molar refractivity (Wildman–Crippen MR) is 85.3 cm³/mol. The van der Waals surface area contributed by atoms with Gasteiger partial charge in [-0.1, -0.05) is 12.1 Å². The number of piperidine rings is 1. The summed E-state index contributed by atoms with van der Waals surface area (Å²) in [4.78, 5) is 4.79. The van der Waals surface area contributed by atoms with Crippen LogP contribution in [0.3, 0.4) is 0 Å². The first-order chi connectivity index (χ1) is 9.72. The summed E-state index contributed by atoms with van der Waals surface area (Å²) in [5, 5.41) is 3.66. The summed E-state index contributed by atoms with van der Waals surface area (Å²) in [6.07, 6.45) is 3.89. The largest absolute Gasteiger partial charge is 0.374 e. The van der Waals surface area contributed by atoms with Gasteiger partial charge in [-0.2, -0.15) is 0 Å². The van der Waals surface area contributed by atoms with Crippen molar-refractivity contribution in [2.45, 2.75) is 25.8 Å². The number of rotatable bonds is 4. The van der Waals surface area contributed by atoms with Crippen LogP contribution >= 0.6 is 0 Å². The fourth-order valence-corrected chi connectivity index (χ4v) is 3.42. The molecule has 1 aromatic carbocycles. The minimum atomic E-state index is 0.867. The first-order valence-corrected chi connectivity index (χ1v) is 7.94. The van der Waals surface area contributed by atoms with E-state index in [0.29, 0.717) is 0 Å². The third kappa shape index (κ3) is 3.15. The fraction of sp³-hybridized carbons (Fsp3) is 0.647. The van der Waals surface area contributed by atoms with E-state index in [1.807, 2.05) is 0 Å². The molecule has 3 heteroatoms. The van der Waals surface area contributed by atoms with Crippen LogP contribution < -0.4 is 10.2 Å². The van der Waals surface area contributed by atoms with E-state index in [4.69, 9.17) is 0 Å². The van der Waals surface area contributed by atoms with Crippen molar-refractivity contribution in [2.24, 2.45) is 5.92 Å². The zero-order valence-corrected chi connectivity index (χ0v) is 12.9. The second kappa shape index (κ2) is 6.15. The minimum Gasteiger partial charge on any atom is -0.374 e. The van der Waals surface area contributed by atoms with Crippen LogP contribution in [0.2, 0.25) is 0 Å². The molecule has 20 heavy (non-hydrogen) atoms. The Morgan fingerprint density at radius 1 is 1.15 bits per heavy atom. The van der Waals surface area contributed by atoms with Crippen LogP contribution in [0.15, 0.2) is 18.2 Å². The number of nitrogens with one attached hydrogen (secondary N) is 1. The highest BCUT2D eigenvalue weighted by atomic mass is 15.1. The lowest BCUT2D eigenvalue weighted by molar-refractivity contribution is 0.216. The van der Waals surface area contributed by atoms with Gasteiger partial charge in [0.1, 0.15) is 0 Å². The van der Waals surface area contributed by atoms with E-state index < -0.39 is 0 Å². The highest BCUT2D eigenvalue weighted by Gasteiger charge is 2.17. The minimum absolute atomic E-state index is 0.867. The molecule has 0 atom stereocenters. The van der Waals surface area contributed by atoms with Gasteiger partial charge < -0.3 is 15.1 Å². The topological polar surface area (TPSA) is 18.5 Å². The summed E-state index contributed by atoms with van der Waals surface area (Å²) < 4.78 is 0. The number of hydrogen-bond donors (Lipinski definition) is 1. The van der Waals surface area contributed by atoms with Gasteiger partial charge in [-0.15, -0.1) is 0 Å². The van der Waals surface area contributed by atoms with Crippen LogP contribution in [-0.2, 0) is 13.0 Å². The SMILES string of the molecule is CN1CCC(CNCc2ccc3c(c2)CCN3C)CC1. The van der Waals surface area contributed by atoms with E-state index in [1.165, 1.54) is 62.3 Å². The molecule has 0 unspecified atom stereocenters. The summed E-state index contributed by atoms with van der Waals surface area (Å²) in [6.45, 7) is 5.88. The Morgan fingerprint density at radius 3 is 2.75 bits per heavy atom. The van der Waals surface area contributed by atoms with Crippen molar-refractivity contribution in [3.05, 3.63) is 29.3 Å². The monoisotopic (exact) mass is 273 g/mol. The maximum absolute atomic E-state index is 3.66. The van der Waals surface area contributed by atoms with Gasteiger partial charge in [-0.05, 0) is 69.1 Å². The summed E-state index contributed by atoms with van der Waals surface area (Å²) in [6, 6.07) is 6.96. The zero-order valence-electron chi connectivity index (χ0n) is 12.9. The molecule has 1 saturated heterocycles. The number of likely N-dealkylation sites (tertiary alicyclic amines) is 1. The highest BCUT2D eigenvalue weighted by molar-refractivity contribution is 5.58. The normalized spacial score (nSPS) is 20.4.